The van der Waals surface area contributed by atoms with Crippen LogP contribution in [0.1, 0.15) is 27.7 Å². The molecule has 0 radical (unpaired) electrons. The van der Waals surface area contributed by atoms with Crippen LogP contribution in [0.3, 0.4) is 0 Å². The molecule has 4 heterocycles. The molecule has 1 unspecified atom stereocenters. The molecule has 0 N–H and O–H groups in total. The number of nitrogens with zero attached hydrogens (tertiary/aromatic N) is 5. The Morgan fingerprint density at radius 3 is 2.41 bits per heavy atom. The number of nitro groups is 1. The molecular weight excluding hydrogens is 675 g/mol. The Bertz CT molecular complexity index is 2470. The van der Waals surface area contributed by atoms with Crippen molar-refractivity contribution < 1.29 is 32.4 Å². The van der Waals surface area contributed by atoms with Crippen LogP contribution in [0.15, 0.2) is 121 Å². The van der Waals surface area contributed by atoms with Crippen molar-refractivity contribution in [3.05, 3.63) is 143 Å². The summed E-state index contributed by atoms with van der Waals surface area (Å²) in [5.41, 5.74) is 2.58. The van der Waals surface area contributed by atoms with Crippen LogP contribution in [-0.4, -0.2) is 58.1 Å². The molecule has 13 nitrogen and oxygen atoms in total. The average molecular weight is 704 g/mol. The molecule has 7 rings (SSSR count). The van der Waals surface area contributed by atoms with Crippen molar-refractivity contribution in [1.82, 2.24) is 18.4 Å². The zero-order valence-electron chi connectivity index (χ0n) is 27.2. The summed E-state index contributed by atoms with van der Waals surface area (Å²) in [5.74, 6) is 0.629. The number of fused-ring (bicyclic) bond motifs is 2. The number of non-ortho nitro benzene ring substituents is 1. The maximum Gasteiger partial charge on any atom is 0.269 e. The van der Waals surface area contributed by atoms with Crippen molar-refractivity contribution in [3.8, 4) is 22.6 Å². The van der Waals surface area contributed by atoms with Crippen LogP contribution in [0.5, 0.6) is 11.5 Å². The standard InChI is InChI=1S/C37H29N5O8S/c1-49-28-15-12-25(35(18-28)50-2)19-39-22-33(36(44)24-10-13-27(14-11-24)42(45)46)40-20-26(17-32(40)34(39)23-43)31-21-41(37-30(31)9-6-16-38-37)51(47,48)29-7-4-3-5-8-29/h3-18,20-23,34H,19H2,1-2H3. The van der Waals surface area contributed by atoms with E-state index in [0.29, 0.717) is 39.3 Å². The fourth-order valence-electron chi connectivity index (χ4n) is 6.20. The molecule has 0 fully saturated rings. The van der Waals surface area contributed by atoms with Crippen molar-refractivity contribution in [3.63, 3.8) is 0 Å². The molecule has 0 amide bonds. The summed E-state index contributed by atoms with van der Waals surface area (Å²) in [6.45, 7) is 0.159. The molecule has 3 aromatic heterocycles. The van der Waals surface area contributed by atoms with Crippen LogP contribution in [0, 0.1) is 10.1 Å². The van der Waals surface area contributed by atoms with Crippen molar-refractivity contribution in [2.24, 2.45) is 0 Å². The van der Waals surface area contributed by atoms with Gasteiger partial charge in [0.25, 0.3) is 15.7 Å². The van der Waals surface area contributed by atoms with Gasteiger partial charge in [-0.3, -0.25) is 14.9 Å². The summed E-state index contributed by atoms with van der Waals surface area (Å²) in [7, 11) is -0.989. The lowest BCUT2D eigenvalue weighted by Gasteiger charge is -2.33. The highest BCUT2D eigenvalue weighted by atomic mass is 32.2. The third-order valence-corrected chi connectivity index (χ3v) is 10.4. The first-order chi connectivity index (χ1) is 24.6. The summed E-state index contributed by atoms with van der Waals surface area (Å²) in [6, 6.07) is 22.9. The largest absolute Gasteiger partial charge is 0.497 e. The van der Waals surface area contributed by atoms with E-state index in [4.69, 9.17) is 9.47 Å². The van der Waals surface area contributed by atoms with Gasteiger partial charge in [0.2, 0.25) is 5.78 Å². The van der Waals surface area contributed by atoms with Gasteiger partial charge in [-0.15, -0.1) is 0 Å². The van der Waals surface area contributed by atoms with E-state index in [9.17, 15) is 28.1 Å². The number of nitro benzene ring substituents is 1. The molecule has 14 heteroatoms. The number of methoxy groups -OCH3 is 2. The Morgan fingerprint density at radius 1 is 0.961 bits per heavy atom. The molecule has 1 atom stereocenters. The van der Waals surface area contributed by atoms with Gasteiger partial charge in [-0.2, -0.15) is 0 Å². The quantitative estimate of drug-likeness (QED) is 0.0668. The number of rotatable bonds is 11. The van der Waals surface area contributed by atoms with E-state index in [-0.39, 0.29) is 34.0 Å². The fraction of sp³-hybridized carbons (Fsp3) is 0.108. The van der Waals surface area contributed by atoms with Gasteiger partial charge in [-0.05, 0) is 54.6 Å². The molecule has 0 aliphatic carbocycles. The van der Waals surface area contributed by atoms with Gasteiger partial charge in [0.15, 0.2) is 5.65 Å². The molecule has 51 heavy (non-hydrogen) atoms. The molecular formula is C37H29N5O8S. The van der Waals surface area contributed by atoms with Crippen LogP contribution in [0.2, 0.25) is 0 Å². The number of aromatic nitrogens is 3. The topological polar surface area (TPSA) is 156 Å². The van der Waals surface area contributed by atoms with E-state index in [1.807, 2.05) is 0 Å². The highest BCUT2D eigenvalue weighted by Gasteiger charge is 2.33. The number of aldehydes is 1. The van der Waals surface area contributed by atoms with E-state index in [1.54, 1.807) is 76.5 Å². The van der Waals surface area contributed by atoms with E-state index in [2.05, 4.69) is 4.98 Å². The van der Waals surface area contributed by atoms with Crippen molar-refractivity contribution in [2.45, 2.75) is 17.5 Å². The van der Waals surface area contributed by atoms with Crippen LogP contribution in [0.4, 0.5) is 5.69 Å². The number of ether oxygens (including phenoxy) is 2. The third kappa shape index (κ3) is 5.80. The normalized spacial score (nSPS) is 14.1. The Hall–Kier alpha value is -6.54. The SMILES string of the molecule is COc1ccc(CN2C=C(C(=O)c3ccc([N+](=O)[O-])cc3)n3cc(-c4cn(S(=O)(=O)c5ccccc5)c5ncccc45)cc3C2C=O)c(OC)c1. The van der Waals surface area contributed by atoms with Gasteiger partial charge in [0.1, 0.15) is 29.5 Å². The van der Waals surface area contributed by atoms with Gasteiger partial charge in [0, 0.05) is 77.2 Å². The number of benzene rings is 3. The van der Waals surface area contributed by atoms with Crippen LogP contribution in [0.25, 0.3) is 27.9 Å². The number of pyridine rings is 1. The molecule has 256 valence electrons. The highest BCUT2D eigenvalue weighted by Crippen LogP contribution is 2.40. The van der Waals surface area contributed by atoms with Crippen LogP contribution >= 0.6 is 0 Å². The van der Waals surface area contributed by atoms with Gasteiger partial charge in [0.05, 0.1) is 29.7 Å². The van der Waals surface area contributed by atoms with Crippen LogP contribution < -0.4 is 9.47 Å². The lowest BCUT2D eigenvalue weighted by Crippen LogP contribution is -2.32. The van der Waals surface area contributed by atoms with Crippen molar-refractivity contribution >= 4 is 44.5 Å². The maximum absolute atomic E-state index is 14.2. The maximum atomic E-state index is 14.2. The number of Topliss-reactive ketones (excluding diaryl/α,β-unsaturated/α-hetero) is 1. The summed E-state index contributed by atoms with van der Waals surface area (Å²) in [4.78, 5) is 44.0. The van der Waals surface area contributed by atoms with Crippen molar-refractivity contribution in [2.75, 3.05) is 14.2 Å². The molecule has 6 aromatic rings. The van der Waals surface area contributed by atoms with E-state index in [0.717, 1.165) is 10.3 Å². The molecule has 1 aliphatic rings. The minimum atomic E-state index is -4.05. The number of carbonyl (C=O) groups is 2. The molecule has 0 saturated heterocycles. The molecule has 1 aliphatic heterocycles. The lowest BCUT2D eigenvalue weighted by atomic mass is 10.0. The zero-order chi connectivity index (χ0) is 35.9. The molecule has 0 bridgehead atoms. The Labute approximate surface area is 291 Å². The van der Waals surface area contributed by atoms with Gasteiger partial charge >= 0.3 is 0 Å². The second-order valence-electron chi connectivity index (χ2n) is 11.6. The summed E-state index contributed by atoms with van der Waals surface area (Å²) >= 11 is 0. The minimum absolute atomic E-state index is 0.0832. The third-order valence-electron chi connectivity index (χ3n) is 8.75. The molecule has 3 aromatic carbocycles. The minimum Gasteiger partial charge on any atom is -0.497 e. The van der Waals surface area contributed by atoms with E-state index >= 15 is 0 Å². The van der Waals surface area contributed by atoms with Gasteiger partial charge < -0.3 is 23.7 Å². The number of hydrogen-bond acceptors (Lipinski definition) is 10. The highest BCUT2D eigenvalue weighted by molar-refractivity contribution is 7.90. The summed E-state index contributed by atoms with van der Waals surface area (Å²) < 4.78 is 41.3. The van der Waals surface area contributed by atoms with Gasteiger partial charge in [-0.1, -0.05) is 18.2 Å². The predicted molar refractivity (Wildman–Crippen MR) is 188 cm³/mol. The number of hydrogen-bond donors (Lipinski definition) is 0. The summed E-state index contributed by atoms with van der Waals surface area (Å²) in [5, 5.41) is 11.8. The first-order valence-electron chi connectivity index (χ1n) is 15.6. The Balaban J connectivity index is 1.38. The van der Waals surface area contributed by atoms with E-state index in [1.165, 1.54) is 63.0 Å². The Kier molecular flexibility index (Phi) is 8.44. The van der Waals surface area contributed by atoms with E-state index < -0.39 is 26.8 Å². The average Bonchev–Trinajstić information content (AvgIpc) is 3.78. The van der Waals surface area contributed by atoms with Crippen LogP contribution in [-0.2, 0) is 21.4 Å². The smallest absolute Gasteiger partial charge is 0.269 e. The number of allylic oxidation sites excluding steroid dienone is 1. The zero-order valence-corrected chi connectivity index (χ0v) is 28.1. The lowest BCUT2D eigenvalue weighted by molar-refractivity contribution is -0.384. The predicted octanol–water partition coefficient (Wildman–Crippen LogP) is 6.10. The molecule has 0 spiro atoms. The first kappa shape index (κ1) is 33.0. The molecule has 0 saturated carbocycles. The Morgan fingerprint density at radius 2 is 1.73 bits per heavy atom. The second-order valence-corrected chi connectivity index (χ2v) is 13.4. The fourth-order valence-corrected chi connectivity index (χ4v) is 7.55. The summed E-state index contributed by atoms with van der Waals surface area (Å²) in [6.07, 6.45) is 7.01. The van der Waals surface area contributed by atoms with Crippen molar-refractivity contribution in [1.29, 1.82) is 0 Å². The monoisotopic (exact) mass is 703 g/mol. The first-order valence-corrected chi connectivity index (χ1v) is 17.0. The van der Waals surface area contributed by atoms with Gasteiger partial charge in [-0.25, -0.2) is 17.4 Å². The number of carbonyl (C=O) groups excluding carboxylic acids is 2. The second kappa shape index (κ2) is 13.1. The number of ketones is 1.